The van der Waals surface area contributed by atoms with Crippen LogP contribution in [0.25, 0.3) is 0 Å². The van der Waals surface area contributed by atoms with Gasteiger partial charge in [0.1, 0.15) is 13.2 Å². The zero-order chi connectivity index (χ0) is 56.4. The Hall–Kier alpha value is -4.45. The van der Waals surface area contributed by atoms with Crippen molar-refractivity contribution in [3.8, 4) is 0 Å². The van der Waals surface area contributed by atoms with Gasteiger partial charge in [0, 0.05) is 19.3 Å². The summed E-state index contributed by atoms with van der Waals surface area (Å²) in [5.41, 5.74) is 0. The number of hydrogen-bond donors (Lipinski definition) is 0. The Labute approximate surface area is 481 Å². The normalized spacial score (nSPS) is 13.0. The molecule has 0 aromatic heterocycles. The highest BCUT2D eigenvalue weighted by Gasteiger charge is 2.19. The van der Waals surface area contributed by atoms with Gasteiger partial charge in [-0.3, -0.25) is 14.4 Å². The fourth-order valence-electron chi connectivity index (χ4n) is 8.61. The molecule has 1 atom stereocenters. The van der Waals surface area contributed by atoms with Crippen LogP contribution in [-0.4, -0.2) is 37.2 Å². The largest absolute Gasteiger partial charge is 0.462 e. The molecule has 6 nitrogen and oxygen atoms in total. The van der Waals surface area contributed by atoms with E-state index in [4.69, 9.17) is 14.2 Å². The Morgan fingerprint density at radius 1 is 0.269 bits per heavy atom. The highest BCUT2D eigenvalue weighted by atomic mass is 16.6. The molecule has 0 aliphatic rings. The van der Waals surface area contributed by atoms with Crippen LogP contribution in [0.15, 0.2) is 134 Å². The van der Waals surface area contributed by atoms with Crippen molar-refractivity contribution in [2.75, 3.05) is 13.2 Å². The van der Waals surface area contributed by atoms with E-state index in [0.717, 1.165) is 161 Å². The minimum absolute atomic E-state index is 0.0947. The summed E-state index contributed by atoms with van der Waals surface area (Å²) in [5.74, 6) is -0.927. The summed E-state index contributed by atoms with van der Waals surface area (Å²) in [6, 6.07) is 0. The lowest BCUT2D eigenvalue weighted by molar-refractivity contribution is -0.167. The van der Waals surface area contributed by atoms with Gasteiger partial charge in [0.2, 0.25) is 0 Å². The molecule has 0 aliphatic carbocycles. The van der Waals surface area contributed by atoms with Gasteiger partial charge in [-0.05, 0) is 135 Å². The van der Waals surface area contributed by atoms with E-state index < -0.39 is 6.10 Å². The molecule has 0 aliphatic heterocycles. The molecular formula is C72H118O6. The molecule has 0 aromatic carbocycles. The number of carbonyl (C=O) groups excluding carboxylic acids is 3. The molecule has 0 amide bonds. The number of unbranched alkanes of at least 4 members (excludes halogenated alkanes) is 24. The van der Waals surface area contributed by atoms with Crippen LogP contribution >= 0.6 is 0 Å². The Bertz CT molecular complexity index is 1670. The lowest BCUT2D eigenvalue weighted by Gasteiger charge is -2.18. The van der Waals surface area contributed by atoms with Crippen LogP contribution in [0, 0.1) is 0 Å². The molecule has 6 heteroatoms. The first-order valence-corrected chi connectivity index (χ1v) is 32.2. The van der Waals surface area contributed by atoms with Gasteiger partial charge in [0.05, 0.1) is 0 Å². The lowest BCUT2D eigenvalue weighted by Crippen LogP contribution is -2.30. The number of ether oxygens (including phenoxy) is 3. The van der Waals surface area contributed by atoms with Crippen molar-refractivity contribution in [2.24, 2.45) is 0 Å². The van der Waals surface area contributed by atoms with Gasteiger partial charge >= 0.3 is 17.9 Å². The number of rotatable bonds is 57. The topological polar surface area (TPSA) is 78.9 Å². The van der Waals surface area contributed by atoms with Crippen molar-refractivity contribution < 1.29 is 28.6 Å². The van der Waals surface area contributed by atoms with Gasteiger partial charge in [0.15, 0.2) is 6.10 Å². The Kier molecular flexibility index (Phi) is 61.4. The van der Waals surface area contributed by atoms with E-state index >= 15 is 0 Å². The maximum absolute atomic E-state index is 12.9. The van der Waals surface area contributed by atoms with Crippen molar-refractivity contribution in [3.05, 3.63) is 134 Å². The van der Waals surface area contributed by atoms with Crippen molar-refractivity contribution in [1.29, 1.82) is 0 Å². The first kappa shape index (κ1) is 73.5. The average molecular weight is 1080 g/mol. The number of carbonyl (C=O) groups is 3. The van der Waals surface area contributed by atoms with Gasteiger partial charge in [0.25, 0.3) is 0 Å². The molecule has 78 heavy (non-hydrogen) atoms. The predicted molar refractivity (Wildman–Crippen MR) is 339 cm³/mol. The molecule has 0 rings (SSSR count). The van der Waals surface area contributed by atoms with Gasteiger partial charge in [-0.15, -0.1) is 0 Å². The minimum Gasteiger partial charge on any atom is -0.462 e. The van der Waals surface area contributed by atoms with Crippen LogP contribution in [0.1, 0.15) is 284 Å². The van der Waals surface area contributed by atoms with Crippen LogP contribution in [0.5, 0.6) is 0 Å². The van der Waals surface area contributed by atoms with Crippen molar-refractivity contribution in [3.63, 3.8) is 0 Å². The van der Waals surface area contributed by atoms with E-state index in [1.807, 2.05) is 0 Å². The maximum Gasteiger partial charge on any atom is 0.306 e. The standard InChI is InChI=1S/C72H118O6/c1-4-7-10-13-16-19-22-25-28-30-31-32-33-34-35-36-37-38-39-40-41-42-45-47-50-53-56-59-62-65-71(74)77-68-69(67-76-70(73)64-61-58-55-52-49-46-43-27-24-21-18-15-12-9-6-3)78-72(75)66-63-60-57-54-51-48-44-29-26-23-20-17-14-11-8-5-2/h7,9-10,12,16,18-21,23,25,27-29,31-32,34-35,37-38,43-44,69H,4-6,8,11,13-15,17,22,24,26,30,33,36,39-42,45-68H2,1-3H3/b10-7-,12-9-,19-16-,21-18-,23-20-,28-25-,32-31-,35-34-,38-37-,43-27-,44-29-. The number of esters is 3. The summed E-state index contributed by atoms with van der Waals surface area (Å²) >= 11 is 0. The molecule has 0 saturated heterocycles. The Morgan fingerprint density at radius 2 is 0.500 bits per heavy atom. The Morgan fingerprint density at radius 3 is 0.782 bits per heavy atom. The quantitative estimate of drug-likeness (QED) is 0.0261. The van der Waals surface area contributed by atoms with Gasteiger partial charge in [-0.1, -0.05) is 264 Å². The number of hydrogen-bond acceptors (Lipinski definition) is 6. The third kappa shape index (κ3) is 62.4. The highest BCUT2D eigenvalue weighted by Crippen LogP contribution is 2.15. The minimum atomic E-state index is -0.800. The molecule has 0 bridgehead atoms. The first-order valence-electron chi connectivity index (χ1n) is 32.2. The van der Waals surface area contributed by atoms with Gasteiger partial charge < -0.3 is 14.2 Å². The predicted octanol–water partition coefficient (Wildman–Crippen LogP) is 22.2. The summed E-state index contributed by atoms with van der Waals surface area (Å²) in [6.07, 6.45) is 91.7. The molecule has 0 saturated carbocycles. The summed E-state index contributed by atoms with van der Waals surface area (Å²) < 4.78 is 16.9. The molecule has 0 N–H and O–H groups in total. The second-order valence-electron chi connectivity index (χ2n) is 20.9. The zero-order valence-electron chi connectivity index (χ0n) is 50.6. The third-order valence-corrected chi connectivity index (χ3v) is 13.4. The van der Waals surface area contributed by atoms with E-state index in [-0.39, 0.29) is 31.1 Å². The van der Waals surface area contributed by atoms with Crippen molar-refractivity contribution in [1.82, 2.24) is 0 Å². The van der Waals surface area contributed by atoms with Crippen LogP contribution in [0.4, 0.5) is 0 Å². The molecule has 0 spiro atoms. The second-order valence-corrected chi connectivity index (χ2v) is 20.9. The maximum atomic E-state index is 12.9. The van der Waals surface area contributed by atoms with Crippen LogP contribution in [0.2, 0.25) is 0 Å². The zero-order valence-corrected chi connectivity index (χ0v) is 50.6. The summed E-state index contributed by atoms with van der Waals surface area (Å²) in [5, 5.41) is 0. The molecular weight excluding hydrogens is 961 g/mol. The average Bonchev–Trinajstić information content (AvgIpc) is 3.44. The third-order valence-electron chi connectivity index (χ3n) is 13.4. The van der Waals surface area contributed by atoms with E-state index in [0.29, 0.717) is 19.3 Å². The van der Waals surface area contributed by atoms with E-state index in [9.17, 15) is 14.4 Å². The molecule has 0 aromatic rings. The van der Waals surface area contributed by atoms with E-state index in [2.05, 4.69) is 154 Å². The monoisotopic (exact) mass is 1080 g/mol. The second kappa shape index (κ2) is 65.1. The fraction of sp³-hybridized carbons (Fsp3) is 0.653. The molecule has 0 fully saturated rings. The highest BCUT2D eigenvalue weighted by molar-refractivity contribution is 5.71. The molecule has 0 heterocycles. The Balaban J connectivity index is 4.35. The smallest absolute Gasteiger partial charge is 0.306 e. The van der Waals surface area contributed by atoms with E-state index in [1.165, 1.54) is 83.5 Å². The first-order chi connectivity index (χ1) is 38.5. The summed E-state index contributed by atoms with van der Waals surface area (Å²) in [6.45, 7) is 6.37. The lowest BCUT2D eigenvalue weighted by atomic mass is 10.1. The summed E-state index contributed by atoms with van der Waals surface area (Å²) in [7, 11) is 0. The van der Waals surface area contributed by atoms with Crippen LogP contribution < -0.4 is 0 Å². The SMILES string of the molecule is CC/C=C\C/C=C\C/C=C\C/C=C\C/C=C\C/C=C\CCCCCCCCCCCCC(=O)OCC(COC(=O)CCCCCCC/C=C\C/C=C\C/C=C\CC)OC(=O)CCCCCCC/C=C\C/C=C\CCCCCC. The molecule has 1 unspecified atom stereocenters. The molecule has 442 valence electrons. The van der Waals surface area contributed by atoms with Crippen molar-refractivity contribution >= 4 is 17.9 Å². The van der Waals surface area contributed by atoms with Crippen molar-refractivity contribution in [2.45, 2.75) is 290 Å². The van der Waals surface area contributed by atoms with Crippen LogP contribution in [0.3, 0.4) is 0 Å². The number of allylic oxidation sites excluding steroid dienone is 22. The molecule has 0 radical (unpaired) electrons. The van der Waals surface area contributed by atoms with E-state index in [1.54, 1.807) is 0 Å². The fourth-order valence-corrected chi connectivity index (χ4v) is 8.61. The van der Waals surface area contributed by atoms with Crippen LogP contribution in [-0.2, 0) is 28.6 Å². The summed E-state index contributed by atoms with van der Waals surface area (Å²) in [4.78, 5) is 38.3. The van der Waals surface area contributed by atoms with Gasteiger partial charge in [-0.2, -0.15) is 0 Å². The van der Waals surface area contributed by atoms with Gasteiger partial charge in [-0.25, -0.2) is 0 Å².